The summed E-state index contributed by atoms with van der Waals surface area (Å²) < 4.78 is 0. The van der Waals surface area contributed by atoms with E-state index >= 15 is 0 Å². The van der Waals surface area contributed by atoms with Gasteiger partial charge in [0, 0.05) is 25.0 Å². The van der Waals surface area contributed by atoms with Crippen LogP contribution in [0.2, 0.25) is 0 Å². The zero-order valence-corrected chi connectivity index (χ0v) is 10.4. The third-order valence-electron chi connectivity index (χ3n) is 4.10. The van der Waals surface area contributed by atoms with Gasteiger partial charge < -0.3 is 10.2 Å². The van der Waals surface area contributed by atoms with Crippen molar-refractivity contribution in [3.05, 3.63) is 0 Å². The summed E-state index contributed by atoms with van der Waals surface area (Å²) in [6, 6.07) is 0.515. The number of likely N-dealkylation sites (tertiary alicyclic amines) is 1. The number of nitrogens with one attached hydrogen (secondary N) is 1. The minimum atomic E-state index is 0.337. The van der Waals surface area contributed by atoms with Crippen molar-refractivity contribution in [1.82, 2.24) is 10.2 Å². The van der Waals surface area contributed by atoms with Crippen LogP contribution >= 0.6 is 0 Å². The normalized spacial score (nSPS) is 28.1. The number of carbonyl (C=O) groups is 1. The number of nitrogens with zero attached hydrogens (tertiary/aromatic N) is 1. The van der Waals surface area contributed by atoms with E-state index in [4.69, 9.17) is 0 Å². The molecule has 1 saturated heterocycles. The third kappa shape index (κ3) is 2.76. The van der Waals surface area contributed by atoms with Crippen LogP contribution in [0.5, 0.6) is 0 Å². The van der Waals surface area contributed by atoms with E-state index in [1.54, 1.807) is 0 Å². The average molecular weight is 224 g/mol. The maximum absolute atomic E-state index is 12.3. The summed E-state index contributed by atoms with van der Waals surface area (Å²) in [5.41, 5.74) is 0. The van der Waals surface area contributed by atoms with Gasteiger partial charge in [0.1, 0.15) is 0 Å². The fraction of sp³-hybridized carbons (Fsp3) is 0.923. The molecular formula is C13H24N2O. The molecule has 2 rings (SSSR count). The Morgan fingerprint density at radius 2 is 1.88 bits per heavy atom. The molecule has 1 aliphatic heterocycles. The summed E-state index contributed by atoms with van der Waals surface area (Å²) in [7, 11) is 2.00. The van der Waals surface area contributed by atoms with Gasteiger partial charge in [0.15, 0.2) is 0 Å². The van der Waals surface area contributed by atoms with Gasteiger partial charge in [-0.15, -0.1) is 0 Å². The molecule has 0 bridgehead atoms. The van der Waals surface area contributed by atoms with Gasteiger partial charge in [-0.05, 0) is 32.7 Å². The molecule has 1 saturated carbocycles. The van der Waals surface area contributed by atoms with E-state index in [2.05, 4.69) is 10.2 Å². The van der Waals surface area contributed by atoms with Crippen molar-refractivity contribution in [2.24, 2.45) is 5.92 Å². The van der Waals surface area contributed by atoms with E-state index in [0.29, 0.717) is 17.9 Å². The third-order valence-corrected chi connectivity index (χ3v) is 4.10. The first-order valence-electron chi connectivity index (χ1n) is 6.77. The minimum Gasteiger partial charge on any atom is -0.341 e. The highest BCUT2D eigenvalue weighted by Gasteiger charge is 2.28. The standard InChI is InChI=1S/C13H24N2O/c1-14-12-8-5-9-15(10-12)13(16)11-6-3-2-4-7-11/h11-12,14H,2-10H2,1H3. The Bertz CT molecular complexity index is 236. The van der Waals surface area contributed by atoms with Crippen LogP contribution in [-0.4, -0.2) is 37.0 Å². The lowest BCUT2D eigenvalue weighted by molar-refractivity contribution is -0.137. The molecule has 1 N–H and O–H groups in total. The monoisotopic (exact) mass is 224 g/mol. The van der Waals surface area contributed by atoms with Gasteiger partial charge in [0.25, 0.3) is 0 Å². The predicted octanol–water partition coefficient (Wildman–Crippen LogP) is 1.78. The van der Waals surface area contributed by atoms with Crippen LogP contribution in [-0.2, 0) is 4.79 Å². The number of likely N-dealkylation sites (N-methyl/N-ethyl adjacent to an activating group) is 1. The number of carbonyl (C=O) groups excluding carboxylic acids is 1. The Hall–Kier alpha value is -0.570. The Morgan fingerprint density at radius 3 is 2.56 bits per heavy atom. The summed E-state index contributed by atoms with van der Waals surface area (Å²) >= 11 is 0. The van der Waals surface area contributed by atoms with Crippen LogP contribution in [0.1, 0.15) is 44.9 Å². The molecule has 0 aromatic rings. The molecular weight excluding hydrogens is 200 g/mol. The second kappa shape index (κ2) is 5.67. The Balaban J connectivity index is 1.87. The van der Waals surface area contributed by atoms with E-state index in [9.17, 15) is 4.79 Å². The molecule has 0 aromatic carbocycles. The van der Waals surface area contributed by atoms with Crippen molar-refractivity contribution in [1.29, 1.82) is 0 Å². The lowest BCUT2D eigenvalue weighted by Crippen LogP contribution is -2.49. The topological polar surface area (TPSA) is 32.3 Å². The molecule has 92 valence electrons. The van der Waals surface area contributed by atoms with Crippen LogP contribution in [0.25, 0.3) is 0 Å². The van der Waals surface area contributed by atoms with Crippen LogP contribution in [0.4, 0.5) is 0 Å². The van der Waals surface area contributed by atoms with Crippen LogP contribution in [0, 0.1) is 5.92 Å². The van der Waals surface area contributed by atoms with E-state index in [1.165, 1.54) is 25.7 Å². The Labute approximate surface area is 98.6 Å². The maximum Gasteiger partial charge on any atom is 0.225 e. The molecule has 0 spiro atoms. The van der Waals surface area contributed by atoms with Crippen molar-refractivity contribution >= 4 is 5.91 Å². The van der Waals surface area contributed by atoms with Crippen molar-refractivity contribution in [2.75, 3.05) is 20.1 Å². The van der Waals surface area contributed by atoms with Gasteiger partial charge in [-0.1, -0.05) is 19.3 Å². The molecule has 3 heteroatoms. The molecule has 16 heavy (non-hydrogen) atoms. The fourth-order valence-electron chi connectivity index (χ4n) is 3.02. The second-order valence-corrected chi connectivity index (χ2v) is 5.25. The maximum atomic E-state index is 12.3. The molecule has 0 radical (unpaired) electrons. The summed E-state index contributed by atoms with van der Waals surface area (Å²) in [6.45, 7) is 1.90. The zero-order chi connectivity index (χ0) is 11.4. The van der Waals surface area contributed by atoms with E-state index in [1.807, 2.05) is 7.05 Å². The van der Waals surface area contributed by atoms with Crippen LogP contribution in [0.15, 0.2) is 0 Å². The molecule has 2 aliphatic rings. The zero-order valence-electron chi connectivity index (χ0n) is 10.4. The van der Waals surface area contributed by atoms with E-state index in [0.717, 1.165) is 32.4 Å². The number of hydrogen-bond acceptors (Lipinski definition) is 2. The van der Waals surface area contributed by atoms with E-state index < -0.39 is 0 Å². The van der Waals surface area contributed by atoms with Crippen molar-refractivity contribution < 1.29 is 4.79 Å². The van der Waals surface area contributed by atoms with Gasteiger partial charge in [0.2, 0.25) is 5.91 Å². The Morgan fingerprint density at radius 1 is 1.12 bits per heavy atom. The van der Waals surface area contributed by atoms with Crippen molar-refractivity contribution in [3.8, 4) is 0 Å². The molecule has 1 atom stereocenters. The first-order chi connectivity index (χ1) is 7.81. The number of rotatable bonds is 2. The molecule has 0 aromatic heterocycles. The van der Waals surface area contributed by atoms with Gasteiger partial charge in [-0.25, -0.2) is 0 Å². The Kier molecular flexibility index (Phi) is 4.22. The summed E-state index contributed by atoms with van der Waals surface area (Å²) in [4.78, 5) is 14.4. The first kappa shape index (κ1) is 11.9. The van der Waals surface area contributed by atoms with Crippen LogP contribution in [0.3, 0.4) is 0 Å². The van der Waals surface area contributed by atoms with Gasteiger partial charge >= 0.3 is 0 Å². The largest absolute Gasteiger partial charge is 0.341 e. The predicted molar refractivity (Wildman–Crippen MR) is 65.2 cm³/mol. The molecule has 1 unspecified atom stereocenters. The van der Waals surface area contributed by atoms with Gasteiger partial charge in [-0.3, -0.25) is 4.79 Å². The highest BCUT2D eigenvalue weighted by molar-refractivity contribution is 5.79. The van der Waals surface area contributed by atoms with E-state index in [-0.39, 0.29) is 0 Å². The lowest BCUT2D eigenvalue weighted by Gasteiger charge is -2.35. The highest BCUT2D eigenvalue weighted by atomic mass is 16.2. The summed E-state index contributed by atoms with van der Waals surface area (Å²) in [5, 5.41) is 3.30. The number of piperidine rings is 1. The fourth-order valence-corrected chi connectivity index (χ4v) is 3.02. The van der Waals surface area contributed by atoms with Crippen LogP contribution < -0.4 is 5.32 Å². The summed E-state index contributed by atoms with van der Waals surface area (Å²) in [6.07, 6.45) is 8.44. The van der Waals surface area contributed by atoms with Gasteiger partial charge in [-0.2, -0.15) is 0 Å². The summed E-state index contributed by atoms with van der Waals surface area (Å²) in [5.74, 6) is 0.768. The smallest absolute Gasteiger partial charge is 0.225 e. The highest BCUT2D eigenvalue weighted by Crippen LogP contribution is 2.26. The number of hydrogen-bond donors (Lipinski definition) is 1. The van der Waals surface area contributed by atoms with Gasteiger partial charge in [0.05, 0.1) is 0 Å². The molecule has 1 amide bonds. The molecule has 2 fully saturated rings. The number of amides is 1. The lowest BCUT2D eigenvalue weighted by atomic mass is 9.87. The average Bonchev–Trinajstić information content (AvgIpc) is 2.39. The van der Waals surface area contributed by atoms with Crippen molar-refractivity contribution in [2.45, 2.75) is 51.0 Å². The van der Waals surface area contributed by atoms with Crippen molar-refractivity contribution in [3.63, 3.8) is 0 Å². The quantitative estimate of drug-likeness (QED) is 0.775. The molecule has 3 nitrogen and oxygen atoms in total. The molecule has 1 aliphatic carbocycles. The molecule has 1 heterocycles. The second-order valence-electron chi connectivity index (χ2n) is 5.25. The minimum absolute atomic E-state index is 0.337. The SMILES string of the molecule is CNC1CCCN(C(=O)C2CCCCC2)C1. The first-order valence-corrected chi connectivity index (χ1v) is 6.77.